The highest BCUT2D eigenvalue weighted by Crippen LogP contribution is 2.28. The van der Waals surface area contributed by atoms with Crippen LogP contribution in [-0.2, 0) is 11.2 Å². The number of fused-ring (bicyclic) bond motifs is 1. The minimum Gasteiger partial charge on any atom is -0.356 e. The molecule has 5 aromatic rings. The summed E-state index contributed by atoms with van der Waals surface area (Å²) < 4.78 is 1.89. The van der Waals surface area contributed by atoms with E-state index < -0.39 is 0 Å². The Morgan fingerprint density at radius 1 is 0.938 bits per heavy atom. The summed E-state index contributed by atoms with van der Waals surface area (Å²) in [7, 11) is 0. The van der Waals surface area contributed by atoms with Gasteiger partial charge in [0, 0.05) is 30.7 Å². The smallest absolute Gasteiger partial charge is 0.220 e. The van der Waals surface area contributed by atoms with Crippen LogP contribution in [0.15, 0.2) is 83.6 Å². The van der Waals surface area contributed by atoms with E-state index in [-0.39, 0.29) is 11.8 Å². The molecule has 0 aliphatic rings. The van der Waals surface area contributed by atoms with Gasteiger partial charge in [-0.25, -0.2) is 4.52 Å². The average molecular weight is 459 g/mol. The Morgan fingerprint density at radius 2 is 1.66 bits per heavy atom. The van der Waals surface area contributed by atoms with Crippen molar-refractivity contribution in [2.45, 2.75) is 18.8 Å². The molecule has 5 rings (SSSR count). The summed E-state index contributed by atoms with van der Waals surface area (Å²) in [5.41, 5.74) is 3.36. The van der Waals surface area contributed by atoms with Gasteiger partial charge in [0.25, 0.3) is 0 Å². The van der Waals surface area contributed by atoms with E-state index in [9.17, 15) is 4.79 Å². The van der Waals surface area contributed by atoms with Crippen molar-refractivity contribution >= 4 is 33.5 Å². The second-order valence-corrected chi connectivity index (χ2v) is 9.30. The molecule has 7 heteroatoms. The molecule has 0 radical (unpaired) electrons. The number of nitrogens with zero attached hydrogens (tertiary/aromatic N) is 3. The minimum atomic E-state index is 0.0360. The minimum absolute atomic E-state index is 0.0360. The van der Waals surface area contributed by atoms with E-state index in [2.05, 4.69) is 45.0 Å². The highest BCUT2D eigenvalue weighted by molar-refractivity contribution is 7.15. The van der Waals surface area contributed by atoms with Crippen molar-refractivity contribution < 1.29 is 4.79 Å². The van der Waals surface area contributed by atoms with E-state index >= 15 is 0 Å². The number of nitrogens with one attached hydrogen (secondary N) is 1. The van der Waals surface area contributed by atoms with Crippen LogP contribution in [0.2, 0.25) is 0 Å². The fourth-order valence-corrected chi connectivity index (χ4v) is 5.30. The Labute approximate surface area is 194 Å². The number of carbonyl (C=O) groups is 1. The van der Waals surface area contributed by atoms with Crippen molar-refractivity contribution in [3.63, 3.8) is 0 Å². The molecule has 1 N–H and O–H groups in total. The number of aromatic nitrogens is 3. The van der Waals surface area contributed by atoms with Crippen LogP contribution in [0.1, 0.15) is 29.2 Å². The Morgan fingerprint density at radius 3 is 2.31 bits per heavy atom. The van der Waals surface area contributed by atoms with E-state index in [1.807, 2.05) is 58.4 Å². The molecule has 0 atom stereocenters. The zero-order chi connectivity index (χ0) is 21.8. The number of amides is 1. The summed E-state index contributed by atoms with van der Waals surface area (Å²) in [6, 6.07) is 24.5. The lowest BCUT2D eigenvalue weighted by Gasteiger charge is -2.18. The Balaban J connectivity index is 1.23. The zero-order valence-electron chi connectivity index (χ0n) is 17.3. The summed E-state index contributed by atoms with van der Waals surface area (Å²) in [5.74, 6) is 0.840. The third-order valence-corrected chi connectivity index (χ3v) is 7.12. The molecular formula is C25H22N4OS2. The Hall–Kier alpha value is -3.29. The molecular weight excluding hydrogens is 436 g/mol. The standard InChI is InChI=1S/C25H22N4OS2/c30-23(16-21(18-8-3-1-4-9-18)19-10-5-2-6-11-19)26-14-13-20-17-32-25-27-24(28-29(20)25)22-12-7-15-31-22/h1-12,15,17,21H,13-14,16H2,(H,26,30). The number of benzene rings is 2. The zero-order valence-corrected chi connectivity index (χ0v) is 19.0. The van der Waals surface area contributed by atoms with Gasteiger partial charge in [-0.2, -0.15) is 4.98 Å². The molecule has 0 unspecified atom stereocenters. The summed E-state index contributed by atoms with van der Waals surface area (Å²) in [4.78, 5) is 19.4. The topological polar surface area (TPSA) is 59.3 Å². The van der Waals surface area contributed by atoms with Gasteiger partial charge >= 0.3 is 0 Å². The molecule has 0 saturated heterocycles. The molecule has 2 aromatic carbocycles. The first-order chi connectivity index (χ1) is 15.8. The van der Waals surface area contributed by atoms with Gasteiger partial charge in [0.2, 0.25) is 10.9 Å². The van der Waals surface area contributed by atoms with Crippen LogP contribution in [0.25, 0.3) is 15.7 Å². The maximum atomic E-state index is 12.8. The lowest BCUT2D eigenvalue weighted by molar-refractivity contribution is -0.121. The van der Waals surface area contributed by atoms with Crippen LogP contribution in [-0.4, -0.2) is 27.0 Å². The van der Waals surface area contributed by atoms with Gasteiger partial charge < -0.3 is 5.32 Å². The predicted octanol–water partition coefficient (Wildman–Crippen LogP) is 5.40. The van der Waals surface area contributed by atoms with Gasteiger partial charge in [0.05, 0.1) is 10.6 Å². The Bertz CT molecular complexity index is 1250. The first kappa shape index (κ1) is 20.6. The first-order valence-corrected chi connectivity index (χ1v) is 12.3. The highest BCUT2D eigenvalue weighted by Gasteiger charge is 2.18. The molecule has 32 heavy (non-hydrogen) atoms. The number of carbonyl (C=O) groups excluding carboxylic acids is 1. The number of thiazole rings is 1. The molecule has 3 heterocycles. The average Bonchev–Trinajstić information content (AvgIpc) is 3.57. The lowest BCUT2D eigenvalue weighted by atomic mass is 9.88. The maximum Gasteiger partial charge on any atom is 0.220 e. The summed E-state index contributed by atoms with van der Waals surface area (Å²) >= 11 is 3.21. The molecule has 0 spiro atoms. The number of rotatable bonds is 8. The van der Waals surface area contributed by atoms with Crippen LogP contribution in [0.5, 0.6) is 0 Å². The SMILES string of the molecule is O=C(CC(c1ccccc1)c1ccccc1)NCCc1csc2nc(-c3cccs3)nn12. The van der Waals surface area contributed by atoms with E-state index in [4.69, 9.17) is 0 Å². The number of hydrogen-bond donors (Lipinski definition) is 1. The number of hydrogen-bond acceptors (Lipinski definition) is 5. The molecule has 1 amide bonds. The molecule has 5 nitrogen and oxygen atoms in total. The Kier molecular flexibility index (Phi) is 6.09. The molecule has 0 bridgehead atoms. The fourth-order valence-electron chi connectivity index (χ4n) is 3.79. The van der Waals surface area contributed by atoms with Crippen LogP contribution >= 0.6 is 22.7 Å². The number of thiophene rings is 1. The maximum absolute atomic E-state index is 12.8. The van der Waals surface area contributed by atoms with Gasteiger partial charge in [-0.3, -0.25) is 4.79 Å². The quantitative estimate of drug-likeness (QED) is 0.339. The monoisotopic (exact) mass is 458 g/mol. The van der Waals surface area contributed by atoms with Crippen LogP contribution in [0, 0.1) is 0 Å². The van der Waals surface area contributed by atoms with E-state index in [0.717, 1.165) is 32.5 Å². The van der Waals surface area contributed by atoms with E-state index in [1.165, 1.54) is 0 Å². The summed E-state index contributed by atoms with van der Waals surface area (Å²) in [6.07, 6.45) is 1.12. The molecule has 0 aliphatic heterocycles. The molecule has 160 valence electrons. The van der Waals surface area contributed by atoms with Crippen molar-refractivity contribution in [1.82, 2.24) is 19.9 Å². The van der Waals surface area contributed by atoms with Gasteiger partial charge in [0.15, 0.2) is 5.82 Å². The van der Waals surface area contributed by atoms with E-state index in [0.29, 0.717) is 19.4 Å². The fraction of sp³-hybridized carbons (Fsp3) is 0.160. The second kappa shape index (κ2) is 9.46. The second-order valence-electron chi connectivity index (χ2n) is 7.51. The van der Waals surface area contributed by atoms with Crippen LogP contribution in [0.4, 0.5) is 0 Å². The van der Waals surface area contributed by atoms with Crippen LogP contribution < -0.4 is 5.32 Å². The predicted molar refractivity (Wildman–Crippen MR) is 130 cm³/mol. The van der Waals surface area contributed by atoms with Crippen molar-refractivity contribution in [1.29, 1.82) is 0 Å². The highest BCUT2D eigenvalue weighted by atomic mass is 32.1. The van der Waals surface area contributed by atoms with E-state index in [1.54, 1.807) is 22.7 Å². The van der Waals surface area contributed by atoms with Crippen molar-refractivity contribution in [3.05, 3.63) is 100 Å². The van der Waals surface area contributed by atoms with Crippen LogP contribution in [0.3, 0.4) is 0 Å². The molecule has 3 aromatic heterocycles. The van der Waals surface area contributed by atoms with Gasteiger partial charge in [-0.05, 0) is 22.6 Å². The summed E-state index contributed by atoms with van der Waals surface area (Å²) in [6.45, 7) is 0.565. The van der Waals surface area contributed by atoms with Crippen molar-refractivity contribution in [2.24, 2.45) is 0 Å². The first-order valence-electron chi connectivity index (χ1n) is 10.5. The third kappa shape index (κ3) is 4.49. The van der Waals surface area contributed by atoms with Gasteiger partial charge in [-0.1, -0.05) is 66.7 Å². The lowest BCUT2D eigenvalue weighted by Crippen LogP contribution is -2.27. The van der Waals surface area contributed by atoms with Gasteiger partial charge in [0.1, 0.15) is 0 Å². The largest absolute Gasteiger partial charge is 0.356 e. The molecule has 0 aliphatic carbocycles. The summed E-state index contributed by atoms with van der Waals surface area (Å²) in [5, 5.41) is 11.8. The normalized spacial score (nSPS) is 11.3. The molecule has 0 saturated carbocycles. The molecule has 0 fully saturated rings. The van der Waals surface area contributed by atoms with Crippen molar-refractivity contribution in [3.8, 4) is 10.7 Å². The van der Waals surface area contributed by atoms with Gasteiger partial charge in [-0.15, -0.1) is 27.8 Å². The third-order valence-electron chi connectivity index (χ3n) is 5.39. The van der Waals surface area contributed by atoms with Crippen molar-refractivity contribution in [2.75, 3.05) is 6.54 Å².